The molecule has 0 saturated carbocycles. The molecule has 102 valence electrons. The van der Waals surface area contributed by atoms with Crippen molar-refractivity contribution in [3.8, 4) is 5.75 Å². The predicted octanol–water partition coefficient (Wildman–Crippen LogP) is 3.66. The van der Waals surface area contributed by atoms with Gasteiger partial charge in [-0.25, -0.2) is 0 Å². The fourth-order valence-corrected chi connectivity index (χ4v) is 3.12. The van der Waals surface area contributed by atoms with E-state index in [4.69, 9.17) is 4.74 Å². The highest BCUT2D eigenvalue weighted by molar-refractivity contribution is 8.01. The van der Waals surface area contributed by atoms with Crippen LogP contribution in [0.1, 0.15) is 18.9 Å². The molecule has 1 N–H and O–H groups in total. The molecule has 1 heterocycles. The lowest BCUT2D eigenvalue weighted by Gasteiger charge is -2.03. The quantitative estimate of drug-likeness (QED) is 0.790. The van der Waals surface area contributed by atoms with Gasteiger partial charge in [-0.05, 0) is 24.1 Å². The van der Waals surface area contributed by atoms with Crippen LogP contribution in [0.5, 0.6) is 5.75 Å². The van der Waals surface area contributed by atoms with E-state index in [-0.39, 0.29) is 0 Å². The van der Waals surface area contributed by atoms with E-state index >= 15 is 0 Å². The highest BCUT2D eigenvalue weighted by atomic mass is 32.2. The van der Waals surface area contributed by atoms with E-state index in [1.165, 1.54) is 5.56 Å². The Morgan fingerprint density at radius 1 is 1.26 bits per heavy atom. The van der Waals surface area contributed by atoms with E-state index in [2.05, 4.69) is 22.4 Å². The minimum absolute atomic E-state index is 0.747. The topological polar surface area (TPSA) is 47.0 Å². The van der Waals surface area contributed by atoms with Gasteiger partial charge in [-0.2, -0.15) is 0 Å². The SMILES string of the molecule is CCCSc1nnc(NCc2ccc(OC)cc2)s1. The third-order valence-electron chi connectivity index (χ3n) is 2.44. The number of anilines is 1. The molecule has 0 radical (unpaired) electrons. The van der Waals surface area contributed by atoms with Gasteiger partial charge in [-0.15, -0.1) is 10.2 Å². The Hall–Kier alpha value is -1.27. The molecule has 0 aliphatic rings. The molecule has 0 aliphatic heterocycles. The van der Waals surface area contributed by atoms with Gasteiger partial charge < -0.3 is 10.1 Å². The van der Waals surface area contributed by atoms with Gasteiger partial charge in [-0.1, -0.05) is 42.2 Å². The van der Waals surface area contributed by atoms with Crippen molar-refractivity contribution >= 4 is 28.2 Å². The molecular formula is C13H17N3OS2. The van der Waals surface area contributed by atoms with Crippen LogP contribution in [0.15, 0.2) is 28.6 Å². The molecule has 6 heteroatoms. The lowest BCUT2D eigenvalue weighted by atomic mass is 10.2. The smallest absolute Gasteiger partial charge is 0.206 e. The van der Waals surface area contributed by atoms with Gasteiger partial charge in [-0.3, -0.25) is 0 Å². The fraction of sp³-hybridized carbons (Fsp3) is 0.385. The van der Waals surface area contributed by atoms with E-state index in [1.54, 1.807) is 30.2 Å². The summed E-state index contributed by atoms with van der Waals surface area (Å²) in [5.41, 5.74) is 1.19. The zero-order valence-corrected chi connectivity index (χ0v) is 12.7. The molecular weight excluding hydrogens is 278 g/mol. The second-order valence-corrected chi connectivity index (χ2v) is 6.24. The number of nitrogens with one attached hydrogen (secondary N) is 1. The minimum atomic E-state index is 0.747. The van der Waals surface area contributed by atoms with Crippen LogP contribution in [-0.4, -0.2) is 23.1 Å². The first-order valence-corrected chi connectivity index (χ1v) is 7.95. The van der Waals surface area contributed by atoms with Crippen LogP contribution in [-0.2, 0) is 6.54 Å². The first kappa shape index (κ1) is 14.1. The highest BCUT2D eigenvalue weighted by Crippen LogP contribution is 2.26. The van der Waals surface area contributed by atoms with Gasteiger partial charge in [0.2, 0.25) is 5.13 Å². The molecule has 0 atom stereocenters. The maximum Gasteiger partial charge on any atom is 0.206 e. The molecule has 2 rings (SSSR count). The summed E-state index contributed by atoms with van der Waals surface area (Å²) in [7, 11) is 1.67. The summed E-state index contributed by atoms with van der Waals surface area (Å²) >= 11 is 3.36. The molecule has 1 aromatic heterocycles. The Labute approximate surface area is 121 Å². The van der Waals surface area contributed by atoms with Gasteiger partial charge in [0, 0.05) is 12.3 Å². The normalized spacial score (nSPS) is 10.4. The molecule has 0 saturated heterocycles. The maximum absolute atomic E-state index is 5.13. The van der Waals surface area contributed by atoms with E-state index in [9.17, 15) is 0 Å². The third kappa shape index (κ3) is 4.40. The monoisotopic (exact) mass is 295 g/mol. The summed E-state index contributed by atoms with van der Waals surface area (Å²) in [4.78, 5) is 0. The number of nitrogens with zero attached hydrogens (tertiary/aromatic N) is 2. The average molecular weight is 295 g/mol. The molecule has 0 unspecified atom stereocenters. The van der Waals surface area contributed by atoms with Crippen LogP contribution in [0.4, 0.5) is 5.13 Å². The highest BCUT2D eigenvalue weighted by Gasteiger charge is 2.04. The van der Waals surface area contributed by atoms with Gasteiger partial charge in [0.05, 0.1) is 7.11 Å². The minimum Gasteiger partial charge on any atom is -0.497 e. The largest absolute Gasteiger partial charge is 0.497 e. The fourth-order valence-electron chi connectivity index (χ4n) is 1.45. The lowest BCUT2D eigenvalue weighted by molar-refractivity contribution is 0.414. The second kappa shape index (κ2) is 7.35. The molecule has 0 amide bonds. The summed E-state index contributed by atoms with van der Waals surface area (Å²) in [6, 6.07) is 8.00. The Bertz CT molecular complexity index is 499. The molecule has 0 spiro atoms. The van der Waals surface area contributed by atoms with Crippen molar-refractivity contribution in [3.63, 3.8) is 0 Å². The van der Waals surface area contributed by atoms with Crippen molar-refractivity contribution in [1.82, 2.24) is 10.2 Å². The summed E-state index contributed by atoms with van der Waals surface area (Å²) in [5.74, 6) is 1.96. The van der Waals surface area contributed by atoms with Crippen molar-refractivity contribution in [2.75, 3.05) is 18.2 Å². The average Bonchev–Trinajstić information content (AvgIpc) is 2.91. The number of thioether (sulfide) groups is 1. The van der Waals surface area contributed by atoms with Gasteiger partial charge in [0.25, 0.3) is 0 Å². The van der Waals surface area contributed by atoms with E-state index < -0.39 is 0 Å². The van der Waals surface area contributed by atoms with Crippen molar-refractivity contribution in [2.45, 2.75) is 24.2 Å². The summed E-state index contributed by atoms with van der Waals surface area (Å²) in [6.07, 6.45) is 1.15. The third-order valence-corrected chi connectivity index (χ3v) is 4.66. The summed E-state index contributed by atoms with van der Waals surface area (Å²) in [5, 5.41) is 12.4. The molecule has 2 aromatic rings. The standard InChI is InChI=1S/C13H17N3OS2/c1-3-8-18-13-16-15-12(19-13)14-9-10-4-6-11(17-2)7-5-10/h4-7H,3,8-9H2,1-2H3,(H,14,15). The summed E-state index contributed by atoms with van der Waals surface area (Å²) < 4.78 is 6.16. The van der Waals surface area contributed by atoms with E-state index in [0.717, 1.165) is 33.9 Å². The van der Waals surface area contributed by atoms with Gasteiger partial charge in [0.1, 0.15) is 5.75 Å². The Kier molecular flexibility index (Phi) is 5.47. The van der Waals surface area contributed by atoms with Crippen molar-refractivity contribution in [1.29, 1.82) is 0 Å². The molecule has 0 fully saturated rings. The first-order valence-electron chi connectivity index (χ1n) is 6.15. The number of aromatic nitrogens is 2. The summed E-state index contributed by atoms with van der Waals surface area (Å²) in [6.45, 7) is 2.91. The second-order valence-electron chi connectivity index (χ2n) is 3.92. The van der Waals surface area contributed by atoms with Crippen molar-refractivity contribution < 1.29 is 4.74 Å². The Morgan fingerprint density at radius 2 is 2.05 bits per heavy atom. The Morgan fingerprint density at radius 3 is 2.74 bits per heavy atom. The van der Waals surface area contributed by atoms with Crippen LogP contribution >= 0.6 is 23.1 Å². The number of hydrogen-bond acceptors (Lipinski definition) is 6. The molecule has 0 aliphatic carbocycles. The molecule has 19 heavy (non-hydrogen) atoms. The zero-order chi connectivity index (χ0) is 13.5. The predicted molar refractivity (Wildman–Crippen MR) is 81.2 cm³/mol. The van der Waals surface area contributed by atoms with Gasteiger partial charge in [0.15, 0.2) is 4.34 Å². The number of rotatable bonds is 7. The van der Waals surface area contributed by atoms with Crippen LogP contribution < -0.4 is 10.1 Å². The molecule has 0 bridgehead atoms. The first-order chi connectivity index (χ1) is 9.31. The maximum atomic E-state index is 5.13. The van der Waals surface area contributed by atoms with Crippen LogP contribution in [0, 0.1) is 0 Å². The van der Waals surface area contributed by atoms with Crippen LogP contribution in [0.3, 0.4) is 0 Å². The van der Waals surface area contributed by atoms with E-state index in [1.807, 2.05) is 24.3 Å². The van der Waals surface area contributed by atoms with E-state index in [0.29, 0.717) is 0 Å². The van der Waals surface area contributed by atoms with Crippen LogP contribution in [0.25, 0.3) is 0 Å². The van der Waals surface area contributed by atoms with Crippen molar-refractivity contribution in [2.24, 2.45) is 0 Å². The number of ether oxygens (including phenoxy) is 1. The van der Waals surface area contributed by atoms with Crippen LogP contribution in [0.2, 0.25) is 0 Å². The molecule has 1 aromatic carbocycles. The number of hydrogen-bond donors (Lipinski definition) is 1. The lowest BCUT2D eigenvalue weighted by Crippen LogP contribution is -1.98. The number of methoxy groups -OCH3 is 1. The Balaban J connectivity index is 1.85. The van der Waals surface area contributed by atoms with Crippen molar-refractivity contribution in [3.05, 3.63) is 29.8 Å². The number of benzene rings is 1. The van der Waals surface area contributed by atoms with Gasteiger partial charge >= 0.3 is 0 Å². The molecule has 4 nitrogen and oxygen atoms in total. The zero-order valence-electron chi connectivity index (χ0n) is 11.0.